The third kappa shape index (κ3) is 8.47. The van der Waals surface area contributed by atoms with Crippen LogP contribution >= 0.6 is 11.8 Å². The highest BCUT2D eigenvalue weighted by Crippen LogP contribution is 2.29. The summed E-state index contributed by atoms with van der Waals surface area (Å²) >= 11 is 1.67. The number of ether oxygens (including phenoxy) is 1. The van der Waals surface area contributed by atoms with Gasteiger partial charge >= 0.3 is 5.97 Å². The summed E-state index contributed by atoms with van der Waals surface area (Å²) in [6.45, 7) is 0.0319. The molecule has 1 aromatic carbocycles. The highest BCUT2D eigenvalue weighted by Gasteiger charge is 2.35. The van der Waals surface area contributed by atoms with Gasteiger partial charge in [0, 0.05) is 24.3 Å². The molecule has 7 nitrogen and oxygen atoms in total. The van der Waals surface area contributed by atoms with Gasteiger partial charge in [-0.25, -0.2) is 0 Å². The number of nitrogens with one attached hydrogen (secondary N) is 2. The maximum absolute atomic E-state index is 13.2. The van der Waals surface area contributed by atoms with Crippen molar-refractivity contribution in [3.63, 3.8) is 0 Å². The van der Waals surface area contributed by atoms with Crippen LogP contribution in [-0.4, -0.2) is 53.4 Å². The largest absolute Gasteiger partial charge is 0.463 e. The van der Waals surface area contributed by atoms with E-state index in [9.17, 15) is 19.5 Å². The van der Waals surface area contributed by atoms with Crippen LogP contribution in [-0.2, 0) is 24.9 Å². The summed E-state index contributed by atoms with van der Waals surface area (Å²) in [4.78, 5) is 38.0. The van der Waals surface area contributed by atoms with Gasteiger partial charge in [0.2, 0.25) is 11.8 Å². The van der Waals surface area contributed by atoms with Gasteiger partial charge in [-0.15, -0.1) is 0 Å². The molecule has 1 saturated carbocycles. The first-order valence-corrected chi connectivity index (χ1v) is 13.3. The first kappa shape index (κ1) is 26.3. The number of hydrogen-bond acceptors (Lipinski definition) is 6. The van der Waals surface area contributed by atoms with Crippen molar-refractivity contribution < 1.29 is 24.2 Å². The molecular formula is C26H36N2O5S. The van der Waals surface area contributed by atoms with Crippen LogP contribution in [0.15, 0.2) is 42.5 Å². The van der Waals surface area contributed by atoms with E-state index in [0.29, 0.717) is 25.0 Å². The molecule has 1 heterocycles. The van der Waals surface area contributed by atoms with Crippen LogP contribution in [0.25, 0.3) is 0 Å². The Morgan fingerprint density at radius 2 is 1.94 bits per heavy atom. The van der Waals surface area contributed by atoms with Gasteiger partial charge in [0.1, 0.15) is 6.61 Å². The van der Waals surface area contributed by atoms with Crippen LogP contribution in [0.1, 0.15) is 56.9 Å². The van der Waals surface area contributed by atoms with E-state index in [1.54, 1.807) is 11.8 Å². The average molecular weight is 489 g/mol. The van der Waals surface area contributed by atoms with Crippen LogP contribution in [0.5, 0.6) is 0 Å². The highest BCUT2D eigenvalue weighted by atomic mass is 32.2. The Balaban J connectivity index is 1.61. The Morgan fingerprint density at radius 1 is 1.18 bits per heavy atom. The van der Waals surface area contributed by atoms with Gasteiger partial charge in [-0.05, 0) is 31.2 Å². The van der Waals surface area contributed by atoms with Crippen LogP contribution in [0.2, 0.25) is 0 Å². The summed E-state index contributed by atoms with van der Waals surface area (Å²) in [5, 5.41) is 15.8. The molecule has 3 N–H and O–H groups in total. The van der Waals surface area contributed by atoms with Gasteiger partial charge in [-0.2, -0.15) is 11.8 Å². The van der Waals surface area contributed by atoms with Crippen molar-refractivity contribution in [1.29, 1.82) is 0 Å². The summed E-state index contributed by atoms with van der Waals surface area (Å²) in [6.07, 6.45) is 8.52. The van der Waals surface area contributed by atoms with Gasteiger partial charge < -0.3 is 20.5 Å². The van der Waals surface area contributed by atoms with Gasteiger partial charge in [-0.1, -0.05) is 55.3 Å². The lowest BCUT2D eigenvalue weighted by atomic mass is 9.95. The van der Waals surface area contributed by atoms with E-state index in [1.165, 1.54) is 5.56 Å². The molecule has 2 amide bonds. The quantitative estimate of drug-likeness (QED) is 0.384. The molecule has 1 aliphatic carbocycles. The molecule has 1 aliphatic heterocycles. The number of aliphatic hydroxyl groups excluding tert-OH is 1. The van der Waals surface area contributed by atoms with Crippen LogP contribution in [0, 0.1) is 5.92 Å². The summed E-state index contributed by atoms with van der Waals surface area (Å²) in [6, 6.07) is 9.72. The van der Waals surface area contributed by atoms with E-state index < -0.39 is 11.5 Å². The number of carbonyl (C=O) groups excluding carboxylic acids is 3. The van der Waals surface area contributed by atoms with Crippen molar-refractivity contribution in [2.45, 2.75) is 68.7 Å². The standard InChI is InChI=1S/C26H36N2O5S/c29-19-26(13-7-8-14-26)28-23(30)15-21-11-5-2-6-12-24(31)33-16-22(27-25(21)32)18-34-17-20-9-3-1-4-10-20/h1-5,9-10,21-22,29H,6-8,11-19H2,(H,27,32)(H,28,30). The fraction of sp³-hybridized carbons (Fsp3) is 0.577. The fourth-order valence-electron chi connectivity index (χ4n) is 4.42. The molecule has 0 aromatic heterocycles. The molecule has 8 heteroatoms. The molecule has 2 aliphatic rings. The zero-order valence-electron chi connectivity index (χ0n) is 19.7. The van der Waals surface area contributed by atoms with E-state index >= 15 is 0 Å². The van der Waals surface area contributed by atoms with Crippen molar-refractivity contribution in [2.24, 2.45) is 5.92 Å². The molecule has 0 bridgehead atoms. The maximum Gasteiger partial charge on any atom is 0.306 e. The normalized spacial score (nSPS) is 23.3. The first-order chi connectivity index (χ1) is 16.5. The van der Waals surface area contributed by atoms with Crippen molar-refractivity contribution in [3.05, 3.63) is 48.0 Å². The van der Waals surface area contributed by atoms with Crippen LogP contribution < -0.4 is 10.6 Å². The zero-order valence-corrected chi connectivity index (χ0v) is 20.5. The highest BCUT2D eigenvalue weighted by molar-refractivity contribution is 7.98. The van der Waals surface area contributed by atoms with Gasteiger partial charge in [-0.3, -0.25) is 14.4 Å². The molecular weight excluding hydrogens is 452 g/mol. The fourth-order valence-corrected chi connectivity index (χ4v) is 5.43. The molecule has 1 fully saturated rings. The molecule has 2 atom stereocenters. The topological polar surface area (TPSA) is 105 Å². The number of rotatable bonds is 8. The molecule has 0 radical (unpaired) electrons. The second-order valence-corrected chi connectivity index (χ2v) is 10.3. The number of hydrogen-bond donors (Lipinski definition) is 3. The number of esters is 1. The first-order valence-electron chi connectivity index (χ1n) is 12.1. The lowest BCUT2D eigenvalue weighted by Crippen LogP contribution is -2.50. The summed E-state index contributed by atoms with van der Waals surface area (Å²) in [7, 11) is 0. The van der Waals surface area contributed by atoms with Crippen LogP contribution in [0.4, 0.5) is 0 Å². The molecule has 2 unspecified atom stereocenters. The Hall–Kier alpha value is -2.32. The van der Waals surface area contributed by atoms with E-state index in [2.05, 4.69) is 22.8 Å². The number of benzene rings is 1. The number of carbonyl (C=O) groups is 3. The number of aliphatic hydroxyl groups is 1. The number of cyclic esters (lactones) is 1. The predicted octanol–water partition coefficient (Wildman–Crippen LogP) is 3.12. The molecule has 186 valence electrons. The number of allylic oxidation sites excluding steroid dienone is 2. The second kappa shape index (κ2) is 13.5. The van der Waals surface area contributed by atoms with Gasteiger partial charge in [0.25, 0.3) is 0 Å². The van der Waals surface area contributed by atoms with E-state index in [1.807, 2.05) is 30.4 Å². The average Bonchev–Trinajstić information content (AvgIpc) is 3.30. The minimum absolute atomic E-state index is 0.0571. The summed E-state index contributed by atoms with van der Waals surface area (Å²) in [5.74, 6) is 0.156. The lowest BCUT2D eigenvalue weighted by molar-refractivity contribution is -0.145. The van der Waals surface area contributed by atoms with Crippen molar-refractivity contribution in [3.8, 4) is 0 Å². The second-order valence-electron chi connectivity index (χ2n) is 9.23. The molecule has 0 saturated heterocycles. The number of amides is 2. The smallest absolute Gasteiger partial charge is 0.306 e. The third-order valence-corrected chi connectivity index (χ3v) is 7.57. The Bertz CT molecular complexity index is 839. The zero-order chi connectivity index (χ0) is 24.2. The minimum atomic E-state index is -0.556. The van der Waals surface area contributed by atoms with Gasteiger partial charge in [0.05, 0.1) is 24.1 Å². The monoisotopic (exact) mass is 488 g/mol. The summed E-state index contributed by atoms with van der Waals surface area (Å²) < 4.78 is 5.40. The van der Waals surface area contributed by atoms with Crippen molar-refractivity contribution in [1.82, 2.24) is 10.6 Å². The Labute approximate surface area is 206 Å². The lowest BCUT2D eigenvalue weighted by Gasteiger charge is -2.29. The molecule has 0 spiro atoms. The Kier molecular flexibility index (Phi) is 10.5. The van der Waals surface area contributed by atoms with E-state index in [4.69, 9.17) is 4.74 Å². The van der Waals surface area contributed by atoms with Gasteiger partial charge in [0.15, 0.2) is 0 Å². The summed E-state index contributed by atoms with van der Waals surface area (Å²) in [5.41, 5.74) is 0.632. The predicted molar refractivity (Wildman–Crippen MR) is 133 cm³/mol. The van der Waals surface area contributed by atoms with Crippen molar-refractivity contribution >= 4 is 29.5 Å². The SMILES string of the molecule is O=C(CC1CC=CCCC(=O)OCC(CSCc2ccccc2)NC1=O)NC1(CO)CCCC1. The maximum atomic E-state index is 13.2. The third-order valence-electron chi connectivity index (χ3n) is 6.40. The minimum Gasteiger partial charge on any atom is -0.463 e. The molecule has 1 aromatic rings. The molecule has 34 heavy (non-hydrogen) atoms. The Morgan fingerprint density at radius 3 is 2.68 bits per heavy atom. The number of thioether (sulfide) groups is 1. The van der Waals surface area contributed by atoms with E-state index in [-0.39, 0.29) is 43.5 Å². The van der Waals surface area contributed by atoms with Crippen LogP contribution in [0.3, 0.4) is 0 Å². The molecule has 3 rings (SSSR count). The van der Waals surface area contributed by atoms with E-state index in [0.717, 1.165) is 31.4 Å². The van der Waals surface area contributed by atoms with Crippen molar-refractivity contribution in [2.75, 3.05) is 19.0 Å².